The Morgan fingerprint density at radius 1 is 1.31 bits per heavy atom. The molecule has 1 amide bonds. The maximum absolute atomic E-state index is 12.4. The molecule has 5 heteroatoms. The van der Waals surface area contributed by atoms with E-state index in [1.165, 1.54) is 5.56 Å². The number of rotatable bonds is 7. The molecule has 1 fully saturated rings. The van der Waals surface area contributed by atoms with Crippen molar-refractivity contribution >= 4 is 5.91 Å². The van der Waals surface area contributed by atoms with E-state index in [1.54, 1.807) is 7.11 Å². The molecule has 0 radical (unpaired) electrons. The molecule has 0 saturated carbocycles. The van der Waals surface area contributed by atoms with Crippen molar-refractivity contribution in [3.63, 3.8) is 0 Å². The highest BCUT2D eigenvalue weighted by molar-refractivity contribution is 5.84. The van der Waals surface area contributed by atoms with Crippen LogP contribution in [0.25, 0.3) is 0 Å². The summed E-state index contributed by atoms with van der Waals surface area (Å²) >= 11 is 0. The zero-order valence-corrected chi connectivity index (χ0v) is 16.0. The smallest absolute Gasteiger partial charge is 0.243 e. The van der Waals surface area contributed by atoms with E-state index in [-0.39, 0.29) is 11.9 Å². The summed E-state index contributed by atoms with van der Waals surface area (Å²) in [5, 5.41) is 3.20. The van der Waals surface area contributed by atoms with Gasteiger partial charge in [0.25, 0.3) is 0 Å². The molecule has 0 bridgehead atoms. The van der Waals surface area contributed by atoms with Gasteiger partial charge >= 0.3 is 0 Å². The first kappa shape index (κ1) is 18.9. The van der Waals surface area contributed by atoms with Gasteiger partial charge in [-0.2, -0.15) is 0 Å². The van der Waals surface area contributed by atoms with Crippen LogP contribution in [0.2, 0.25) is 0 Å². The van der Waals surface area contributed by atoms with E-state index < -0.39 is 0 Å². The molecule has 1 atom stereocenters. The quantitative estimate of drug-likeness (QED) is 0.758. The molecule has 1 N–H and O–H groups in total. The van der Waals surface area contributed by atoms with Gasteiger partial charge in [-0.05, 0) is 49.9 Å². The third-order valence-electron chi connectivity index (χ3n) is 5.56. The van der Waals surface area contributed by atoms with Crippen molar-refractivity contribution in [2.45, 2.75) is 25.3 Å². The van der Waals surface area contributed by atoms with E-state index in [0.717, 1.165) is 57.7 Å². The second kappa shape index (κ2) is 9.19. The molecule has 2 heterocycles. The number of nitrogens with zero attached hydrogens (tertiary/aromatic N) is 2. The third-order valence-corrected chi connectivity index (χ3v) is 5.56. The average Bonchev–Trinajstić information content (AvgIpc) is 3.21. The molecule has 1 saturated heterocycles. The molecule has 26 heavy (non-hydrogen) atoms. The number of nitrogens with one attached hydrogen (secondary N) is 1. The third kappa shape index (κ3) is 4.86. The van der Waals surface area contributed by atoms with Crippen LogP contribution >= 0.6 is 0 Å². The van der Waals surface area contributed by atoms with Gasteiger partial charge in [0.2, 0.25) is 5.91 Å². The van der Waals surface area contributed by atoms with Crippen molar-refractivity contribution in [2.24, 2.45) is 5.92 Å². The Balaban J connectivity index is 1.40. The normalized spacial score (nSPS) is 21.1. The SMILES string of the molecule is COc1ccccc1CCN1CCC(CN(C)C(=O)[C@@H]2C=CCN2)CC1. The Morgan fingerprint density at radius 2 is 2.08 bits per heavy atom. The van der Waals surface area contributed by atoms with Crippen molar-refractivity contribution in [1.29, 1.82) is 0 Å². The van der Waals surface area contributed by atoms with Crippen LogP contribution < -0.4 is 10.1 Å². The second-order valence-electron chi connectivity index (χ2n) is 7.38. The Morgan fingerprint density at radius 3 is 2.77 bits per heavy atom. The number of amides is 1. The molecule has 3 rings (SSSR count). The summed E-state index contributed by atoms with van der Waals surface area (Å²) in [5.41, 5.74) is 1.28. The zero-order valence-electron chi connectivity index (χ0n) is 16.0. The molecule has 1 aromatic rings. The summed E-state index contributed by atoms with van der Waals surface area (Å²) in [4.78, 5) is 16.8. The number of ether oxygens (including phenoxy) is 1. The highest BCUT2D eigenvalue weighted by Gasteiger charge is 2.25. The van der Waals surface area contributed by atoms with Crippen LogP contribution in [0.4, 0.5) is 0 Å². The van der Waals surface area contributed by atoms with Crippen molar-refractivity contribution in [3.05, 3.63) is 42.0 Å². The molecular weight excluding hydrogens is 326 g/mol. The Labute approximate surface area is 157 Å². The first-order valence-corrected chi connectivity index (χ1v) is 9.66. The molecule has 0 spiro atoms. The van der Waals surface area contributed by atoms with Crippen LogP contribution in [-0.4, -0.2) is 68.6 Å². The van der Waals surface area contributed by atoms with Crippen LogP contribution in [0, 0.1) is 5.92 Å². The summed E-state index contributed by atoms with van der Waals surface area (Å²) < 4.78 is 5.44. The molecule has 1 aromatic carbocycles. The van der Waals surface area contributed by atoms with Gasteiger partial charge in [-0.3, -0.25) is 10.1 Å². The van der Waals surface area contributed by atoms with Crippen molar-refractivity contribution in [3.8, 4) is 5.75 Å². The maximum atomic E-state index is 12.4. The van der Waals surface area contributed by atoms with Gasteiger partial charge < -0.3 is 14.5 Å². The Kier molecular flexibility index (Phi) is 6.69. The molecule has 0 unspecified atom stereocenters. The number of likely N-dealkylation sites (N-methyl/N-ethyl adjacent to an activating group) is 1. The number of benzene rings is 1. The first-order valence-electron chi connectivity index (χ1n) is 9.66. The predicted molar refractivity (Wildman–Crippen MR) is 104 cm³/mol. The van der Waals surface area contributed by atoms with Crippen LogP contribution in [0.15, 0.2) is 36.4 Å². The summed E-state index contributed by atoms with van der Waals surface area (Å²) in [6.07, 6.45) is 7.34. The van der Waals surface area contributed by atoms with Crippen LogP contribution in [0.3, 0.4) is 0 Å². The van der Waals surface area contributed by atoms with Gasteiger partial charge in [0.15, 0.2) is 0 Å². The standard InChI is InChI=1S/C21H31N3O2/c1-23(21(25)19-7-5-12-22-19)16-17-9-13-24(14-10-17)15-11-18-6-3-4-8-20(18)26-2/h3-8,17,19,22H,9-16H2,1-2H3/t19-/m0/s1. The lowest BCUT2D eigenvalue weighted by molar-refractivity contribution is -0.131. The minimum absolute atomic E-state index is 0.124. The number of hydrogen-bond donors (Lipinski definition) is 1. The number of carbonyl (C=O) groups is 1. The highest BCUT2D eigenvalue weighted by atomic mass is 16.5. The highest BCUT2D eigenvalue weighted by Crippen LogP contribution is 2.21. The summed E-state index contributed by atoms with van der Waals surface area (Å²) in [5.74, 6) is 1.78. The van der Waals surface area contributed by atoms with Gasteiger partial charge in [0.1, 0.15) is 11.8 Å². The summed E-state index contributed by atoms with van der Waals surface area (Å²) in [7, 11) is 3.67. The maximum Gasteiger partial charge on any atom is 0.243 e. The zero-order chi connectivity index (χ0) is 18.4. The molecule has 142 valence electrons. The fourth-order valence-electron chi connectivity index (χ4n) is 3.93. The van der Waals surface area contributed by atoms with Crippen molar-refractivity contribution in [2.75, 3.05) is 46.9 Å². The van der Waals surface area contributed by atoms with Crippen molar-refractivity contribution in [1.82, 2.24) is 15.1 Å². The van der Waals surface area contributed by atoms with E-state index in [4.69, 9.17) is 4.74 Å². The lowest BCUT2D eigenvalue weighted by Crippen LogP contribution is -2.45. The fourth-order valence-corrected chi connectivity index (χ4v) is 3.93. The Hall–Kier alpha value is -1.85. The number of para-hydroxylation sites is 1. The lowest BCUT2D eigenvalue weighted by atomic mass is 9.95. The van der Waals surface area contributed by atoms with E-state index in [0.29, 0.717) is 5.92 Å². The fraction of sp³-hybridized carbons (Fsp3) is 0.571. The molecule has 5 nitrogen and oxygen atoms in total. The molecule has 2 aliphatic heterocycles. The topological polar surface area (TPSA) is 44.8 Å². The van der Waals surface area contributed by atoms with E-state index in [9.17, 15) is 4.79 Å². The van der Waals surface area contributed by atoms with Crippen molar-refractivity contribution < 1.29 is 9.53 Å². The number of hydrogen-bond acceptors (Lipinski definition) is 4. The lowest BCUT2D eigenvalue weighted by Gasteiger charge is -2.34. The van der Waals surface area contributed by atoms with Crippen LogP contribution in [0.1, 0.15) is 18.4 Å². The minimum atomic E-state index is -0.124. The first-order chi connectivity index (χ1) is 12.7. The number of carbonyl (C=O) groups excluding carboxylic acids is 1. The summed E-state index contributed by atoms with van der Waals surface area (Å²) in [6.45, 7) is 4.96. The second-order valence-corrected chi connectivity index (χ2v) is 7.38. The largest absolute Gasteiger partial charge is 0.496 e. The predicted octanol–water partition coefficient (Wildman–Crippen LogP) is 1.94. The molecule has 0 aliphatic carbocycles. The van der Waals surface area contributed by atoms with Gasteiger partial charge in [0.05, 0.1) is 7.11 Å². The number of methoxy groups -OCH3 is 1. The molecular formula is C21H31N3O2. The van der Waals surface area contributed by atoms with Crippen LogP contribution in [-0.2, 0) is 11.2 Å². The van der Waals surface area contributed by atoms with Gasteiger partial charge in [0, 0.05) is 26.7 Å². The average molecular weight is 357 g/mol. The van der Waals surface area contributed by atoms with E-state index >= 15 is 0 Å². The minimum Gasteiger partial charge on any atom is -0.496 e. The van der Waals surface area contributed by atoms with Crippen LogP contribution in [0.5, 0.6) is 5.75 Å². The van der Waals surface area contributed by atoms with Gasteiger partial charge in [-0.15, -0.1) is 0 Å². The number of likely N-dealkylation sites (tertiary alicyclic amines) is 1. The Bertz CT molecular complexity index is 623. The van der Waals surface area contributed by atoms with E-state index in [1.807, 2.05) is 36.2 Å². The van der Waals surface area contributed by atoms with E-state index in [2.05, 4.69) is 22.3 Å². The summed E-state index contributed by atoms with van der Waals surface area (Å²) in [6, 6.07) is 8.15. The monoisotopic (exact) mass is 357 g/mol. The molecule has 2 aliphatic rings. The van der Waals surface area contributed by atoms with Gasteiger partial charge in [-0.1, -0.05) is 30.4 Å². The number of piperidine rings is 1. The molecule has 0 aromatic heterocycles. The van der Waals surface area contributed by atoms with Gasteiger partial charge in [-0.25, -0.2) is 0 Å².